The van der Waals surface area contributed by atoms with Crippen LogP contribution in [-0.2, 0) is 4.74 Å². The lowest BCUT2D eigenvalue weighted by atomic mass is 10.1. The highest BCUT2D eigenvalue weighted by atomic mass is 16.6. The summed E-state index contributed by atoms with van der Waals surface area (Å²) in [6.45, 7) is 6.70. The van der Waals surface area contributed by atoms with Crippen LogP contribution >= 0.6 is 0 Å². The molecule has 0 spiro atoms. The minimum atomic E-state index is -0.502. The summed E-state index contributed by atoms with van der Waals surface area (Å²) in [5.41, 5.74) is 0.0294. The highest BCUT2D eigenvalue weighted by molar-refractivity contribution is 5.92. The fourth-order valence-electron chi connectivity index (χ4n) is 2.32. The Hall–Kier alpha value is -1.98. The zero-order valence-electron chi connectivity index (χ0n) is 12.8. The fourth-order valence-corrected chi connectivity index (χ4v) is 2.32. The Labute approximate surface area is 124 Å². The molecule has 1 aromatic heterocycles. The maximum Gasteiger partial charge on any atom is 0.410 e. The number of likely N-dealkylation sites (tertiary alicyclic amines) is 1. The topological polar surface area (TPSA) is 74.4 Å². The van der Waals surface area contributed by atoms with Crippen LogP contribution in [-0.4, -0.2) is 46.6 Å². The van der Waals surface area contributed by atoms with E-state index in [0.717, 1.165) is 12.8 Å². The van der Waals surface area contributed by atoms with E-state index in [1.54, 1.807) is 23.2 Å². The Bertz CT molecular complexity index is 491. The van der Waals surface area contributed by atoms with E-state index >= 15 is 0 Å². The quantitative estimate of drug-likeness (QED) is 0.877. The van der Waals surface area contributed by atoms with E-state index in [4.69, 9.17) is 4.74 Å². The summed E-state index contributed by atoms with van der Waals surface area (Å²) in [5, 5.41) is 2.95. The molecule has 1 aliphatic rings. The molecule has 2 heterocycles. The third-order valence-electron chi connectivity index (χ3n) is 3.25. The Morgan fingerprint density at radius 1 is 1.43 bits per heavy atom. The smallest absolute Gasteiger partial charge is 0.410 e. The summed E-state index contributed by atoms with van der Waals surface area (Å²) in [4.78, 5) is 28.6. The van der Waals surface area contributed by atoms with Crippen LogP contribution < -0.4 is 5.32 Å². The summed E-state index contributed by atoms with van der Waals surface area (Å²) in [6, 6.07) is 3.47. The molecule has 116 valence electrons. The number of piperidine rings is 1. The molecule has 21 heavy (non-hydrogen) atoms. The first-order chi connectivity index (χ1) is 9.85. The first kappa shape index (κ1) is 15.4. The average molecular weight is 293 g/mol. The molecule has 0 radical (unpaired) electrons. The second kappa shape index (κ2) is 6.20. The van der Waals surface area contributed by atoms with Gasteiger partial charge in [-0.2, -0.15) is 0 Å². The van der Waals surface area contributed by atoms with Crippen LogP contribution in [0.3, 0.4) is 0 Å². The van der Waals surface area contributed by atoms with E-state index in [-0.39, 0.29) is 18.0 Å². The van der Waals surface area contributed by atoms with Gasteiger partial charge in [0.1, 0.15) is 11.3 Å². The summed E-state index contributed by atoms with van der Waals surface area (Å²) in [7, 11) is 0. The number of hydrogen-bond donors (Lipinski definition) is 2. The molecule has 1 fully saturated rings. The van der Waals surface area contributed by atoms with E-state index in [1.165, 1.54) is 0 Å². The third kappa shape index (κ3) is 4.51. The van der Waals surface area contributed by atoms with E-state index in [2.05, 4.69) is 10.3 Å². The number of H-pyrrole nitrogens is 1. The van der Waals surface area contributed by atoms with Crippen LogP contribution in [0.1, 0.15) is 44.1 Å². The van der Waals surface area contributed by atoms with Crippen molar-refractivity contribution in [1.82, 2.24) is 15.2 Å². The summed E-state index contributed by atoms with van der Waals surface area (Å²) < 4.78 is 5.37. The van der Waals surface area contributed by atoms with Crippen molar-refractivity contribution in [3.63, 3.8) is 0 Å². The molecule has 0 aliphatic carbocycles. The molecule has 0 bridgehead atoms. The summed E-state index contributed by atoms with van der Waals surface area (Å²) >= 11 is 0. The molecule has 2 amide bonds. The Balaban J connectivity index is 1.89. The number of amides is 2. The molecule has 2 N–H and O–H groups in total. The molecule has 6 nitrogen and oxygen atoms in total. The van der Waals surface area contributed by atoms with Gasteiger partial charge in [-0.3, -0.25) is 4.79 Å². The molecule has 1 aromatic rings. The monoisotopic (exact) mass is 293 g/mol. The number of ether oxygens (including phenoxy) is 1. The lowest BCUT2D eigenvalue weighted by Gasteiger charge is -2.34. The maximum absolute atomic E-state index is 12.1. The molecule has 6 heteroatoms. The predicted octanol–water partition coefficient (Wildman–Crippen LogP) is 2.14. The van der Waals surface area contributed by atoms with Crippen LogP contribution in [0.15, 0.2) is 18.3 Å². The van der Waals surface area contributed by atoms with Crippen molar-refractivity contribution in [3.05, 3.63) is 24.0 Å². The van der Waals surface area contributed by atoms with Gasteiger partial charge in [0.15, 0.2) is 0 Å². The number of nitrogens with zero attached hydrogens (tertiary/aromatic N) is 1. The lowest BCUT2D eigenvalue weighted by Crippen LogP contribution is -2.50. The maximum atomic E-state index is 12.1. The van der Waals surface area contributed by atoms with Crippen molar-refractivity contribution < 1.29 is 14.3 Å². The standard InChI is InChI=1S/C15H23N3O3/c1-15(2,3)21-14(20)18-9-5-6-11(10-18)17-13(19)12-7-4-8-16-12/h4,7-8,11,16H,5-6,9-10H2,1-3H3,(H,17,19). The van der Waals surface area contributed by atoms with Crippen LogP contribution in [0.5, 0.6) is 0 Å². The average Bonchev–Trinajstić information content (AvgIpc) is 2.91. The minimum Gasteiger partial charge on any atom is -0.444 e. The zero-order chi connectivity index (χ0) is 15.5. The molecule has 0 aromatic carbocycles. The number of carbonyl (C=O) groups is 2. The van der Waals surface area contributed by atoms with E-state index in [0.29, 0.717) is 18.8 Å². The number of nitrogens with one attached hydrogen (secondary N) is 2. The summed E-state index contributed by atoms with van der Waals surface area (Å²) in [5.74, 6) is -0.143. The van der Waals surface area contributed by atoms with E-state index < -0.39 is 5.60 Å². The van der Waals surface area contributed by atoms with Crippen molar-refractivity contribution in [2.75, 3.05) is 13.1 Å². The van der Waals surface area contributed by atoms with Gasteiger partial charge in [-0.1, -0.05) is 0 Å². The normalized spacial score (nSPS) is 19.2. The van der Waals surface area contributed by atoms with Gasteiger partial charge in [0.25, 0.3) is 5.91 Å². The van der Waals surface area contributed by atoms with Crippen molar-refractivity contribution >= 4 is 12.0 Å². The van der Waals surface area contributed by atoms with Crippen LogP contribution in [0.4, 0.5) is 4.79 Å². The van der Waals surface area contributed by atoms with Gasteiger partial charge in [-0.15, -0.1) is 0 Å². The van der Waals surface area contributed by atoms with Gasteiger partial charge in [-0.25, -0.2) is 4.79 Å². The Kier molecular flexibility index (Phi) is 4.55. The van der Waals surface area contributed by atoms with Crippen LogP contribution in [0, 0.1) is 0 Å². The molecule has 1 unspecified atom stereocenters. The largest absolute Gasteiger partial charge is 0.444 e. The molecule has 1 aliphatic heterocycles. The first-order valence-electron chi connectivity index (χ1n) is 7.27. The number of rotatable bonds is 2. The van der Waals surface area contributed by atoms with Gasteiger partial charge < -0.3 is 19.9 Å². The molecule has 1 saturated heterocycles. The van der Waals surface area contributed by atoms with Crippen molar-refractivity contribution in [2.45, 2.75) is 45.3 Å². The molecular weight excluding hydrogens is 270 g/mol. The lowest BCUT2D eigenvalue weighted by molar-refractivity contribution is 0.0185. The third-order valence-corrected chi connectivity index (χ3v) is 3.25. The fraction of sp³-hybridized carbons (Fsp3) is 0.600. The first-order valence-corrected chi connectivity index (χ1v) is 7.27. The molecule has 1 atom stereocenters. The Morgan fingerprint density at radius 3 is 2.81 bits per heavy atom. The second-order valence-corrected chi connectivity index (χ2v) is 6.32. The number of aromatic nitrogens is 1. The highest BCUT2D eigenvalue weighted by Crippen LogP contribution is 2.15. The van der Waals surface area contributed by atoms with Crippen molar-refractivity contribution in [2.24, 2.45) is 0 Å². The predicted molar refractivity (Wildman–Crippen MR) is 79.1 cm³/mol. The van der Waals surface area contributed by atoms with Gasteiger partial charge in [0, 0.05) is 25.3 Å². The molecule has 2 rings (SSSR count). The minimum absolute atomic E-state index is 0.0398. The van der Waals surface area contributed by atoms with Gasteiger partial charge >= 0.3 is 6.09 Å². The number of aromatic amines is 1. The van der Waals surface area contributed by atoms with Gasteiger partial charge in [0.05, 0.1) is 0 Å². The van der Waals surface area contributed by atoms with Gasteiger partial charge in [0.2, 0.25) is 0 Å². The van der Waals surface area contributed by atoms with Crippen LogP contribution in [0.2, 0.25) is 0 Å². The zero-order valence-corrected chi connectivity index (χ0v) is 12.8. The van der Waals surface area contributed by atoms with E-state index in [9.17, 15) is 9.59 Å². The molecule has 0 saturated carbocycles. The van der Waals surface area contributed by atoms with Crippen molar-refractivity contribution in [1.29, 1.82) is 0 Å². The van der Waals surface area contributed by atoms with Gasteiger partial charge in [-0.05, 0) is 45.7 Å². The Morgan fingerprint density at radius 2 is 2.19 bits per heavy atom. The van der Waals surface area contributed by atoms with E-state index in [1.807, 2.05) is 20.8 Å². The number of carbonyl (C=O) groups excluding carboxylic acids is 2. The van der Waals surface area contributed by atoms with Crippen LogP contribution in [0.25, 0.3) is 0 Å². The SMILES string of the molecule is CC(C)(C)OC(=O)N1CCCC(NC(=O)c2ccc[nH]2)C1. The van der Waals surface area contributed by atoms with Crippen molar-refractivity contribution in [3.8, 4) is 0 Å². The number of hydrogen-bond acceptors (Lipinski definition) is 3. The highest BCUT2D eigenvalue weighted by Gasteiger charge is 2.28. The second-order valence-electron chi connectivity index (χ2n) is 6.32. The molecular formula is C15H23N3O3. The summed E-state index contributed by atoms with van der Waals surface area (Å²) in [6.07, 6.45) is 3.12.